The maximum atomic E-state index is 12.4. The quantitative estimate of drug-likeness (QED) is 0.784. The van der Waals surface area contributed by atoms with E-state index in [0.717, 1.165) is 19.4 Å². The second kappa shape index (κ2) is 6.02. The molecule has 2 fully saturated rings. The van der Waals surface area contributed by atoms with Crippen molar-refractivity contribution < 1.29 is 9.53 Å². The molecule has 1 aromatic rings. The summed E-state index contributed by atoms with van der Waals surface area (Å²) in [6, 6.07) is 7.75. The predicted octanol–water partition coefficient (Wildman–Crippen LogP) is 2.10. The lowest BCUT2D eigenvalue weighted by Gasteiger charge is -2.22. The van der Waals surface area contributed by atoms with Gasteiger partial charge in [-0.05, 0) is 43.7 Å². The number of amides is 1. The summed E-state index contributed by atoms with van der Waals surface area (Å²) in [5.74, 6) is 1.36. The van der Waals surface area contributed by atoms with Crippen molar-refractivity contribution in [3.63, 3.8) is 0 Å². The molecule has 0 spiro atoms. The lowest BCUT2D eigenvalue weighted by Crippen LogP contribution is -2.38. The third-order valence-corrected chi connectivity index (χ3v) is 4.18. The second-order valence-corrected chi connectivity index (χ2v) is 6.31. The van der Waals surface area contributed by atoms with Crippen LogP contribution in [0.25, 0.3) is 0 Å². The highest BCUT2D eigenvalue weighted by atomic mass is 32.1. The number of nitrogens with zero attached hydrogens (tertiary/aromatic N) is 1. The molecular weight excluding hydrogens is 284 g/mol. The van der Waals surface area contributed by atoms with Crippen LogP contribution in [0.3, 0.4) is 0 Å². The van der Waals surface area contributed by atoms with Crippen molar-refractivity contribution in [2.45, 2.75) is 31.7 Å². The lowest BCUT2D eigenvalue weighted by molar-refractivity contribution is -0.134. The van der Waals surface area contributed by atoms with Gasteiger partial charge in [-0.15, -0.1) is 0 Å². The standard InChI is InChI=1S/C16H20N2O2S/c17-16(21)13-3-1-2-4-14(13)20-10-15(19)18(12-7-8-12)9-11-5-6-11/h1-4,11-12H,5-10H2,(H2,17,21). The Kier molecular flexibility index (Phi) is 4.10. The number of thiocarbonyl (C=S) groups is 1. The van der Waals surface area contributed by atoms with Crippen LogP contribution in [0.5, 0.6) is 5.75 Å². The number of hydrogen-bond acceptors (Lipinski definition) is 3. The first-order valence-corrected chi connectivity index (χ1v) is 7.87. The fraction of sp³-hybridized carbons (Fsp3) is 0.500. The number of nitrogens with two attached hydrogens (primary N) is 1. The Morgan fingerprint density at radius 1 is 1.29 bits per heavy atom. The Hall–Kier alpha value is -1.62. The highest BCUT2D eigenvalue weighted by molar-refractivity contribution is 7.80. The zero-order valence-corrected chi connectivity index (χ0v) is 12.8. The van der Waals surface area contributed by atoms with Crippen LogP contribution in [0.15, 0.2) is 24.3 Å². The molecule has 0 bridgehead atoms. The average molecular weight is 304 g/mol. The summed E-state index contributed by atoms with van der Waals surface area (Å²) in [4.78, 5) is 14.7. The summed E-state index contributed by atoms with van der Waals surface area (Å²) in [5.41, 5.74) is 6.35. The molecule has 0 heterocycles. The van der Waals surface area contributed by atoms with E-state index in [-0.39, 0.29) is 17.5 Å². The van der Waals surface area contributed by atoms with Gasteiger partial charge in [-0.25, -0.2) is 0 Å². The fourth-order valence-corrected chi connectivity index (χ4v) is 2.61. The van der Waals surface area contributed by atoms with E-state index in [1.165, 1.54) is 12.8 Å². The van der Waals surface area contributed by atoms with Gasteiger partial charge in [0.05, 0.1) is 5.56 Å². The van der Waals surface area contributed by atoms with Crippen LogP contribution in [0.1, 0.15) is 31.2 Å². The Morgan fingerprint density at radius 2 is 2.00 bits per heavy atom. The van der Waals surface area contributed by atoms with Crippen LogP contribution in [-0.4, -0.2) is 35.0 Å². The van der Waals surface area contributed by atoms with Gasteiger partial charge in [0.1, 0.15) is 10.7 Å². The zero-order valence-electron chi connectivity index (χ0n) is 12.0. The summed E-state index contributed by atoms with van der Waals surface area (Å²) in [5, 5.41) is 0. The first-order valence-electron chi connectivity index (χ1n) is 7.46. The number of para-hydroxylation sites is 1. The summed E-state index contributed by atoms with van der Waals surface area (Å²) in [7, 11) is 0. The molecule has 2 N–H and O–H groups in total. The van der Waals surface area contributed by atoms with E-state index in [1.54, 1.807) is 6.07 Å². The molecule has 4 nitrogen and oxygen atoms in total. The van der Waals surface area contributed by atoms with Gasteiger partial charge in [-0.3, -0.25) is 4.79 Å². The minimum atomic E-state index is 0.0584. The van der Waals surface area contributed by atoms with Crippen molar-refractivity contribution in [3.05, 3.63) is 29.8 Å². The molecule has 112 valence electrons. The molecule has 0 atom stereocenters. The number of carbonyl (C=O) groups excluding carboxylic acids is 1. The van der Waals surface area contributed by atoms with Crippen LogP contribution in [-0.2, 0) is 4.79 Å². The molecule has 0 aliphatic heterocycles. The van der Waals surface area contributed by atoms with Crippen molar-refractivity contribution in [1.82, 2.24) is 4.90 Å². The average Bonchev–Trinajstić information content (AvgIpc) is 3.36. The van der Waals surface area contributed by atoms with Crippen molar-refractivity contribution in [1.29, 1.82) is 0 Å². The minimum Gasteiger partial charge on any atom is -0.483 e. The summed E-state index contributed by atoms with van der Waals surface area (Å²) in [6.45, 7) is 0.951. The molecule has 0 saturated heterocycles. The van der Waals surface area contributed by atoms with Crippen molar-refractivity contribution in [2.24, 2.45) is 11.7 Å². The molecule has 3 rings (SSSR count). The summed E-state index contributed by atoms with van der Waals surface area (Å²) < 4.78 is 5.66. The van der Waals surface area contributed by atoms with Gasteiger partial charge in [0.25, 0.3) is 5.91 Å². The van der Waals surface area contributed by atoms with Gasteiger partial charge in [-0.1, -0.05) is 24.4 Å². The molecule has 1 aromatic carbocycles. The first kappa shape index (κ1) is 14.3. The van der Waals surface area contributed by atoms with Crippen molar-refractivity contribution >= 4 is 23.1 Å². The Balaban J connectivity index is 1.60. The van der Waals surface area contributed by atoms with E-state index >= 15 is 0 Å². The number of benzene rings is 1. The fourth-order valence-electron chi connectivity index (χ4n) is 2.44. The topological polar surface area (TPSA) is 55.6 Å². The van der Waals surface area contributed by atoms with E-state index in [4.69, 9.17) is 22.7 Å². The molecule has 5 heteroatoms. The van der Waals surface area contributed by atoms with Crippen molar-refractivity contribution in [2.75, 3.05) is 13.2 Å². The zero-order chi connectivity index (χ0) is 14.8. The van der Waals surface area contributed by atoms with Crippen molar-refractivity contribution in [3.8, 4) is 5.75 Å². The molecule has 0 radical (unpaired) electrons. The first-order chi connectivity index (χ1) is 10.1. The Morgan fingerprint density at radius 3 is 2.62 bits per heavy atom. The summed E-state index contributed by atoms with van der Waals surface area (Å²) in [6.07, 6.45) is 4.76. The van der Waals surface area contributed by atoms with E-state index in [2.05, 4.69) is 0 Å². The lowest BCUT2D eigenvalue weighted by atomic mass is 10.2. The third-order valence-electron chi connectivity index (χ3n) is 3.96. The van der Waals surface area contributed by atoms with E-state index in [0.29, 0.717) is 23.3 Å². The third kappa shape index (κ3) is 3.73. The number of ether oxygens (including phenoxy) is 1. The van der Waals surface area contributed by atoms with E-state index in [9.17, 15) is 4.79 Å². The maximum Gasteiger partial charge on any atom is 0.260 e. The molecule has 2 aliphatic rings. The molecule has 2 aliphatic carbocycles. The Bertz CT molecular complexity index is 553. The summed E-state index contributed by atoms with van der Waals surface area (Å²) >= 11 is 5.00. The SMILES string of the molecule is NC(=S)c1ccccc1OCC(=O)N(CC1CC1)C1CC1. The highest BCUT2D eigenvalue weighted by Gasteiger charge is 2.36. The number of hydrogen-bond donors (Lipinski definition) is 1. The molecule has 2 saturated carbocycles. The molecular formula is C16H20N2O2S. The maximum absolute atomic E-state index is 12.4. The predicted molar refractivity (Wildman–Crippen MR) is 85.3 cm³/mol. The van der Waals surface area contributed by atoms with E-state index in [1.807, 2.05) is 23.1 Å². The monoisotopic (exact) mass is 304 g/mol. The van der Waals surface area contributed by atoms with Gasteiger partial charge in [0.15, 0.2) is 6.61 Å². The van der Waals surface area contributed by atoms with Gasteiger partial charge >= 0.3 is 0 Å². The second-order valence-electron chi connectivity index (χ2n) is 5.87. The largest absolute Gasteiger partial charge is 0.483 e. The van der Waals surface area contributed by atoms with Gasteiger partial charge in [-0.2, -0.15) is 0 Å². The smallest absolute Gasteiger partial charge is 0.260 e. The van der Waals surface area contributed by atoms with Crippen LogP contribution in [0.2, 0.25) is 0 Å². The highest BCUT2D eigenvalue weighted by Crippen LogP contribution is 2.34. The Labute approximate surface area is 130 Å². The molecule has 0 unspecified atom stereocenters. The molecule has 21 heavy (non-hydrogen) atoms. The molecule has 0 aromatic heterocycles. The number of carbonyl (C=O) groups is 1. The van der Waals surface area contributed by atoms with Gasteiger partial charge in [0.2, 0.25) is 0 Å². The van der Waals surface area contributed by atoms with Gasteiger partial charge < -0.3 is 15.4 Å². The van der Waals surface area contributed by atoms with E-state index < -0.39 is 0 Å². The van der Waals surface area contributed by atoms with Crippen LogP contribution in [0, 0.1) is 5.92 Å². The van der Waals surface area contributed by atoms with Gasteiger partial charge in [0, 0.05) is 12.6 Å². The minimum absolute atomic E-state index is 0.0584. The normalized spacial score (nSPS) is 17.3. The van der Waals surface area contributed by atoms with Crippen LogP contribution >= 0.6 is 12.2 Å². The van der Waals surface area contributed by atoms with Crippen LogP contribution in [0.4, 0.5) is 0 Å². The van der Waals surface area contributed by atoms with Crippen LogP contribution < -0.4 is 10.5 Å². The molecule has 1 amide bonds. The number of rotatable bonds is 7.